The molecule has 5 heteroatoms. The number of rotatable bonds is 10. The van der Waals surface area contributed by atoms with Crippen molar-refractivity contribution in [2.45, 2.75) is 71.1 Å². The summed E-state index contributed by atoms with van der Waals surface area (Å²) in [4.78, 5) is 23.4. The summed E-state index contributed by atoms with van der Waals surface area (Å²) in [6.45, 7) is 2.21. The first kappa shape index (κ1) is 19.2. The number of hydrogen-bond acceptors (Lipinski definition) is 4. The molecule has 0 unspecified atom stereocenters. The molecule has 1 aliphatic rings. The van der Waals surface area contributed by atoms with Crippen LogP contribution in [-0.4, -0.2) is 11.8 Å². The van der Waals surface area contributed by atoms with Crippen molar-refractivity contribution in [2.24, 2.45) is 17.8 Å². The maximum atomic E-state index is 11.7. The number of amides is 2. The molecular weight excluding hydrogens is 290 g/mol. The van der Waals surface area contributed by atoms with Gasteiger partial charge in [0.25, 0.3) is 0 Å². The Balaban J connectivity index is 2.30. The van der Waals surface area contributed by atoms with Gasteiger partial charge in [-0.1, -0.05) is 64.7 Å². The van der Waals surface area contributed by atoms with Gasteiger partial charge in [0, 0.05) is 5.92 Å². The molecule has 1 aliphatic heterocycles. The standard InChI is InChI=1S/C18H27N3O2/c1-2-3-4-5-6-7-8-9-10-11-14-15(12-19)17(22)21-18(23)16(14)13-20/h14-16H,2-11H2,1H3,(H,21,22,23)/t15-,16-/m1/s1. The van der Waals surface area contributed by atoms with E-state index in [2.05, 4.69) is 12.2 Å². The third-order valence-corrected chi connectivity index (χ3v) is 4.59. The Bertz CT molecular complexity index is 444. The van der Waals surface area contributed by atoms with Crippen molar-refractivity contribution in [3.63, 3.8) is 0 Å². The SMILES string of the molecule is CCCCCCCCCCCC1[C@@H](C#N)C(=O)NC(=O)[C@@H]1C#N. The second-order valence-electron chi connectivity index (χ2n) is 6.35. The van der Waals surface area contributed by atoms with Crippen molar-refractivity contribution in [1.82, 2.24) is 5.32 Å². The third kappa shape index (κ3) is 6.02. The van der Waals surface area contributed by atoms with Gasteiger partial charge in [-0.05, 0) is 6.42 Å². The number of nitrogens with zero attached hydrogens (tertiary/aromatic N) is 2. The van der Waals surface area contributed by atoms with Gasteiger partial charge in [0.1, 0.15) is 11.8 Å². The minimum Gasteiger partial charge on any atom is -0.294 e. The highest BCUT2D eigenvalue weighted by Gasteiger charge is 2.43. The van der Waals surface area contributed by atoms with E-state index in [9.17, 15) is 9.59 Å². The van der Waals surface area contributed by atoms with Crippen LogP contribution in [0, 0.1) is 40.4 Å². The maximum Gasteiger partial charge on any atom is 0.244 e. The van der Waals surface area contributed by atoms with Crippen LogP contribution < -0.4 is 5.32 Å². The summed E-state index contributed by atoms with van der Waals surface area (Å²) in [7, 11) is 0. The molecule has 0 aromatic carbocycles. The highest BCUT2D eigenvalue weighted by atomic mass is 16.2. The summed E-state index contributed by atoms with van der Waals surface area (Å²) >= 11 is 0. The zero-order chi connectivity index (χ0) is 17.1. The summed E-state index contributed by atoms with van der Waals surface area (Å²) in [5.41, 5.74) is 0. The van der Waals surface area contributed by atoms with Crippen LogP contribution in [-0.2, 0) is 9.59 Å². The van der Waals surface area contributed by atoms with Crippen LogP contribution in [0.4, 0.5) is 0 Å². The molecule has 0 saturated carbocycles. The number of nitrogens with one attached hydrogen (secondary N) is 1. The molecular formula is C18H27N3O2. The molecule has 2 amide bonds. The molecule has 0 aromatic rings. The highest BCUT2D eigenvalue weighted by Crippen LogP contribution is 2.30. The first-order valence-corrected chi connectivity index (χ1v) is 8.79. The lowest BCUT2D eigenvalue weighted by atomic mass is 9.76. The van der Waals surface area contributed by atoms with E-state index in [1.54, 1.807) is 0 Å². The fourth-order valence-corrected chi connectivity index (χ4v) is 3.19. The number of carbonyl (C=O) groups is 2. The Labute approximate surface area is 139 Å². The Morgan fingerprint density at radius 2 is 1.26 bits per heavy atom. The Morgan fingerprint density at radius 3 is 1.70 bits per heavy atom. The lowest BCUT2D eigenvalue weighted by Crippen LogP contribution is -2.50. The lowest BCUT2D eigenvalue weighted by molar-refractivity contribution is -0.140. The van der Waals surface area contributed by atoms with E-state index < -0.39 is 29.6 Å². The first-order chi connectivity index (χ1) is 11.2. The fraction of sp³-hybridized carbons (Fsp3) is 0.778. The first-order valence-electron chi connectivity index (χ1n) is 8.79. The zero-order valence-electron chi connectivity index (χ0n) is 14.0. The number of unbranched alkanes of at least 4 members (excludes halogenated alkanes) is 8. The molecule has 1 saturated heterocycles. The number of carbonyl (C=O) groups excluding carboxylic acids is 2. The van der Waals surface area contributed by atoms with Gasteiger partial charge in [-0.25, -0.2) is 0 Å². The van der Waals surface area contributed by atoms with E-state index in [1.165, 1.54) is 38.5 Å². The Kier molecular flexibility index (Phi) is 8.98. The van der Waals surface area contributed by atoms with Gasteiger partial charge in [-0.15, -0.1) is 0 Å². The third-order valence-electron chi connectivity index (χ3n) is 4.59. The van der Waals surface area contributed by atoms with Gasteiger partial charge in [0.15, 0.2) is 0 Å². The smallest absolute Gasteiger partial charge is 0.244 e. The van der Waals surface area contributed by atoms with Crippen LogP contribution in [0.1, 0.15) is 71.1 Å². The lowest BCUT2D eigenvalue weighted by Gasteiger charge is -2.29. The zero-order valence-corrected chi connectivity index (χ0v) is 14.0. The topological polar surface area (TPSA) is 93.8 Å². The van der Waals surface area contributed by atoms with Crippen LogP contribution in [0.2, 0.25) is 0 Å². The van der Waals surface area contributed by atoms with Gasteiger partial charge in [-0.3, -0.25) is 14.9 Å². The summed E-state index contributed by atoms with van der Waals surface area (Å²) in [5.74, 6) is -3.33. The fourth-order valence-electron chi connectivity index (χ4n) is 3.19. The minimum atomic E-state index is -0.883. The second kappa shape index (κ2) is 10.8. The number of nitriles is 2. The predicted octanol–water partition coefficient (Wildman–Crippen LogP) is 3.46. The average molecular weight is 317 g/mol. The monoisotopic (exact) mass is 317 g/mol. The molecule has 126 valence electrons. The number of piperidine rings is 1. The molecule has 0 spiro atoms. The highest BCUT2D eigenvalue weighted by molar-refractivity contribution is 6.02. The van der Waals surface area contributed by atoms with Crippen LogP contribution in [0.15, 0.2) is 0 Å². The molecule has 0 aromatic heterocycles. The maximum absolute atomic E-state index is 11.7. The van der Waals surface area contributed by atoms with Crippen LogP contribution in [0.5, 0.6) is 0 Å². The molecule has 5 nitrogen and oxygen atoms in total. The van der Waals surface area contributed by atoms with E-state index in [-0.39, 0.29) is 0 Å². The molecule has 1 heterocycles. The molecule has 23 heavy (non-hydrogen) atoms. The summed E-state index contributed by atoms with van der Waals surface area (Å²) in [6.07, 6.45) is 11.2. The van der Waals surface area contributed by atoms with Crippen LogP contribution >= 0.6 is 0 Å². The van der Waals surface area contributed by atoms with E-state index in [0.29, 0.717) is 6.42 Å². The normalized spacial score (nSPS) is 21.5. The van der Waals surface area contributed by atoms with Crippen molar-refractivity contribution in [3.8, 4) is 12.1 Å². The van der Waals surface area contributed by atoms with Gasteiger partial charge in [-0.2, -0.15) is 10.5 Å². The number of imide groups is 1. The summed E-state index contributed by atoms with van der Waals surface area (Å²) < 4.78 is 0. The largest absolute Gasteiger partial charge is 0.294 e. The van der Waals surface area contributed by atoms with E-state index in [1.807, 2.05) is 12.1 Å². The van der Waals surface area contributed by atoms with Crippen molar-refractivity contribution < 1.29 is 9.59 Å². The van der Waals surface area contributed by atoms with E-state index in [4.69, 9.17) is 10.5 Å². The minimum absolute atomic E-state index is 0.462. The van der Waals surface area contributed by atoms with Gasteiger partial charge in [0.2, 0.25) is 11.8 Å². The van der Waals surface area contributed by atoms with E-state index in [0.717, 1.165) is 19.3 Å². The van der Waals surface area contributed by atoms with Crippen molar-refractivity contribution in [3.05, 3.63) is 0 Å². The van der Waals surface area contributed by atoms with Gasteiger partial charge < -0.3 is 0 Å². The summed E-state index contributed by atoms with van der Waals surface area (Å²) in [6, 6.07) is 3.91. The second-order valence-corrected chi connectivity index (χ2v) is 6.35. The molecule has 1 rings (SSSR count). The molecule has 0 radical (unpaired) electrons. The predicted molar refractivity (Wildman–Crippen MR) is 86.7 cm³/mol. The average Bonchev–Trinajstić information content (AvgIpc) is 2.53. The molecule has 1 fully saturated rings. The van der Waals surface area contributed by atoms with E-state index >= 15 is 0 Å². The molecule has 0 aliphatic carbocycles. The van der Waals surface area contributed by atoms with Crippen molar-refractivity contribution in [1.29, 1.82) is 10.5 Å². The van der Waals surface area contributed by atoms with Crippen molar-refractivity contribution in [2.75, 3.05) is 0 Å². The Hall–Kier alpha value is -1.88. The summed E-state index contributed by atoms with van der Waals surface area (Å²) in [5, 5.41) is 20.4. The number of hydrogen-bond donors (Lipinski definition) is 1. The van der Waals surface area contributed by atoms with Crippen molar-refractivity contribution >= 4 is 11.8 Å². The quantitative estimate of drug-likeness (QED) is 0.493. The Morgan fingerprint density at radius 1 is 0.826 bits per heavy atom. The molecule has 0 bridgehead atoms. The van der Waals surface area contributed by atoms with Crippen LogP contribution in [0.3, 0.4) is 0 Å². The molecule has 2 atom stereocenters. The van der Waals surface area contributed by atoms with Gasteiger partial charge >= 0.3 is 0 Å². The van der Waals surface area contributed by atoms with Crippen LogP contribution in [0.25, 0.3) is 0 Å². The van der Waals surface area contributed by atoms with Gasteiger partial charge in [0.05, 0.1) is 12.1 Å². The molecule has 1 N–H and O–H groups in total.